The Kier molecular flexibility index (Phi) is 5.64. The molecule has 1 aliphatic heterocycles. The van der Waals surface area contributed by atoms with Crippen LogP contribution in [-0.4, -0.2) is 36.9 Å². The molecule has 4 heteroatoms. The smallest absolute Gasteiger partial charge is 0.223 e. The normalized spacial score (nSPS) is 30.8. The highest BCUT2D eigenvalue weighted by molar-refractivity contribution is 5.79. The third-order valence-electron chi connectivity index (χ3n) is 4.86. The van der Waals surface area contributed by atoms with Crippen LogP contribution in [0.1, 0.15) is 45.4 Å². The van der Waals surface area contributed by atoms with Gasteiger partial charge in [0.15, 0.2) is 0 Å². The lowest BCUT2D eigenvalue weighted by atomic mass is 9.83. The third kappa shape index (κ3) is 3.93. The van der Waals surface area contributed by atoms with Crippen LogP contribution in [0.25, 0.3) is 0 Å². The summed E-state index contributed by atoms with van der Waals surface area (Å²) in [5.41, 5.74) is 0. The topological polar surface area (TPSA) is 58.6 Å². The van der Waals surface area contributed by atoms with Crippen LogP contribution in [0.5, 0.6) is 0 Å². The predicted octanol–water partition coefficient (Wildman–Crippen LogP) is 1.72. The molecule has 1 heterocycles. The SMILES string of the molecule is CC(C(=O)NC1CCCCC1CO)C1CCOCC1. The fraction of sp³-hybridized carbons (Fsp3) is 0.933. The van der Waals surface area contributed by atoms with Crippen LogP contribution in [0, 0.1) is 17.8 Å². The zero-order valence-electron chi connectivity index (χ0n) is 11.9. The van der Waals surface area contributed by atoms with Crippen LogP contribution < -0.4 is 5.32 Å². The molecular formula is C15H27NO3. The molecule has 0 aromatic carbocycles. The second-order valence-electron chi connectivity index (χ2n) is 6.08. The number of aliphatic hydroxyl groups is 1. The van der Waals surface area contributed by atoms with E-state index in [9.17, 15) is 9.90 Å². The molecule has 19 heavy (non-hydrogen) atoms. The average Bonchev–Trinajstić information content (AvgIpc) is 2.48. The van der Waals surface area contributed by atoms with Crippen molar-refractivity contribution in [3.8, 4) is 0 Å². The first-order chi connectivity index (χ1) is 9.22. The molecule has 0 aromatic heterocycles. The molecule has 1 saturated heterocycles. The second-order valence-corrected chi connectivity index (χ2v) is 6.08. The summed E-state index contributed by atoms with van der Waals surface area (Å²) in [6, 6.07) is 0.175. The monoisotopic (exact) mass is 269 g/mol. The summed E-state index contributed by atoms with van der Waals surface area (Å²) in [6.45, 7) is 3.79. The van der Waals surface area contributed by atoms with Crippen molar-refractivity contribution in [2.24, 2.45) is 17.8 Å². The molecule has 2 fully saturated rings. The molecule has 2 N–H and O–H groups in total. The van der Waals surface area contributed by atoms with Crippen molar-refractivity contribution in [3.63, 3.8) is 0 Å². The molecule has 0 radical (unpaired) electrons. The lowest BCUT2D eigenvalue weighted by Gasteiger charge is -2.33. The number of rotatable bonds is 4. The highest BCUT2D eigenvalue weighted by Gasteiger charge is 2.30. The van der Waals surface area contributed by atoms with Crippen molar-refractivity contribution in [3.05, 3.63) is 0 Å². The van der Waals surface area contributed by atoms with Gasteiger partial charge in [-0.15, -0.1) is 0 Å². The average molecular weight is 269 g/mol. The van der Waals surface area contributed by atoms with Gasteiger partial charge in [0, 0.05) is 37.7 Å². The van der Waals surface area contributed by atoms with E-state index in [-0.39, 0.29) is 30.4 Å². The first-order valence-electron chi connectivity index (χ1n) is 7.71. The second kappa shape index (κ2) is 7.25. The maximum Gasteiger partial charge on any atom is 0.223 e. The number of carbonyl (C=O) groups excluding carboxylic acids is 1. The number of carbonyl (C=O) groups is 1. The van der Waals surface area contributed by atoms with Gasteiger partial charge in [0.1, 0.15) is 0 Å². The molecule has 2 aliphatic rings. The largest absolute Gasteiger partial charge is 0.396 e. The Hall–Kier alpha value is -0.610. The van der Waals surface area contributed by atoms with E-state index in [1.54, 1.807) is 0 Å². The number of aliphatic hydroxyl groups excluding tert-OH is 1. The van der Waals surface area contributed by atoms with Crippen LogP contribution in [0.4, 0.5) is 0 Å². The van der Waals surface area contributed by atoms with E-state index < -0.39 is 0 Å². The van der Waals surface area contributed by atoms with Crippen molar-refractivity contribution in [1.29, 1.82) is 0 Å². The molecule has 2 rings (SSSR count). The number of ether oxygens (including phenoxy) is 1. The molecule has 1 amide bonds. The van der Waals surface area contributed by atoms with Crippen molar-refractivity contribution in [2.75, 3.05) is 19.8 Å². The first kappa shape index (κ1) is 14.8. The lowest BCUT2D eigenvalue weighted by Crippen LogP contribution is -2.46. The number of nitrogens with one attached hydrogen (secondary N) is 1. The van der Waals surface area contributed by atoms with Crippen LogP contribution in [0.3, 0.4) is 0 Å². The molecule has 0 bridgehead atoms. The van der Waals surface area contributed by atoms with Gasteiger partial charge in [-0.2, -0.15) is 0 Å². The molecule has 110 valence electrons. The minimum atomic E-state index is 0.0603. The number of hydrogen-bond acceptors (Lipinski definition) is 3. The Bertz CT molecular complexity index is 289. The summed E-state index contributed by atoms with van der Waals surface area (Å²) in [6.07, 6.45) is 6.36. The van der Waals surface area contributed by atoms with E-state index in [2.05, 4.69) is 5.32 Å². The van der Waals surface area contributed by atoms with Crippen molar-refractivity contribution in [2.45, 2.75) is 51.5 Å². The third-order valence-corrected chi connectivity index (χ3v) is 4.86. The van der Waals surface area contributed by atoms with Gasteiger partial charge in [0.25, 0.3) is 0 Å². The minimum Gasteiger partial charge on any atom is -0.396 e. The van der Waals surface area contributed by atoms with Crippen LogP contribution >= 0.6 is 0 Å². The van der Waals surface area contributed by atoms with E-state index in [1.165, 1.54) is 6.42 Å². The predicted molar refractivity (Wildman–Crippen MR) is 73.7 cm³/mol. The van der Waals surface area contributed by atoms with Crippen molar-refractivity contribution < 1.29 is 14.6 Å². The number of amides is 1. The van der Waals surface area contributed by atoms with Gasteiger partial charge in [-0.1, -0.05) is 19.8 Å². The summed E-state index contributed by atoms with van der Waals surface area (Å²) < 4.78 is 5.35. The Morgan fingerprint density at radius 2 is 1.95 bits per heavy atom. The highest BCUT2D eigenvalue weighted by atomic mass is 16.5. The Labute approximate surface area is 115 Å². The van der Waals surface area contributed by atoms with Crippen LogP contribution in [0.15, 0.2) is 0 Å². The maximum absolute atomic E-state index is 12.3. The molecular weight excluding hydrogens is 242 g/mol. The zero-order valence-corrected chi connectivity index (χ0v) is 11.9. The maximum atomic E-state index is 12.3. The van der Waals surface area contributed by atoms with Gasteiger partial charge in [0.2, 0.25) is 5.91 Å². The van der Waals surface area contributed by atoms with E-state index in [0.29, 0.717) is 5.92 Å². The summed E-state index contributed by atoms with van der Waals surface area (Å²) in [5, 5.41) is 12.6. The highest BCUT2D eigenvalue weighted by Crippen LogP contribution is 2.27. The van der Waals surface area contributed by atoms with Crippen LogP contribution in [-0.2, 0) is 9.53 Å². The Morgan fingerprint density at radius 1 is 1.26 bits per heavy atom. The molecule has 3 unspecified atom stereocenters. The fourth-order valence-electron chi connectivity index (χ4n) is 3.36. The van der Waals surface area contributed by atoms with E-state index in [4.69, 9.17) is 4.74 Å². The van der Waals surface area contributed by atoms with E-state index in [0.717, 1.165) is 45.3 Å². The standard InChI is InChI=1S/C15H27NO3/c1-11(12-6-8-19-9-7-12)15(18)16-14-5-3-2-4-13(14)10-17/h11-14,17H,2-10H2,1H3,(H,16,18). The van der Waals surface area contributed by atoms with Gasteiger partial charge in [-0.3, -0.25) is 4.79 Å². The molecule has 0 aromatic rings. The van der Waals surface area contributed by atoms with Gasteiger partial charge >= 0.3 is 0 Å². The van der Waals surface area contributed by atoms with Gasteiger partial charge < -0.3 is 15.2 Å². The molecule has 1 aliphatic carbocycles. The molecule has 1 saturated carbocycles. The quantitative estimate of drug-likeness (QED) is 0.817. The van der Waals surface area contributed by atoms with Crippen molar-refractivity contribution >= 4 is 5.91 Å². The summed E-state index contributed by atoms with van der Waals surface area (Å²) in [4.78, 5) is 12.3. The van der Waals surface area contributed by atoms with Gasteiger partial charge in [-0.25, -0.2) is 0 Å². The summed E-state index contributed by atoms with van der Waals surface area (Å²) in [7, 11) is 0. The van der Waals surface area contributed by atoms with Gasteiger partial charge in [0.05, 0.1) is 0 Å². The fourth-order valence-corrected chi connectivity index (χ4v) is 3.36. The van der Waals surface area contributed by atoms with E-state index >= 15 is 0 Å². The Balaban J connectivity index is 1.84. The number of hydrogen-bond donors (Lipinski definition) is 2. The Morgan fingerprint density at radius 3 is 2.63 bits per heavy atom. The molecule has 3 atom stereocenters. The molecule has 4 nitrogen and oxygen atoms in total. The van der Waals surface area contributed by atoms with Gasteiger partial charge in [-0.05, 0) is 31.6 Å². The van der Waals surface area contributed by atoms with Crippen LogP contribution in [0.2, 0.25) is 0 Å². The zero-order chi connectivity index (χ0) is 13.7. The molecule has 0 spiro atoms. The first-order valence-corrected chi connectivity index (χ1v) is 7.71. The summed E-state index contributed by atoms with van der Waals surface area (Å²) >= 11 is 0. The lowest BCUT2D eigenvalue weighted by molar-refractivity contribution is -0.128. The summed E-state index contributed by atoms with van der Waals surface area (Å²) in [5.74, 6) is 0.923. The van der Waals surface area contributed by atoms with Crippen molar-refractivity contribution in [1.82, 2.24) is 5.32 Å². The minimum absolute atomic E-state index is 0.0603. The van der Waals surface area contributed by atoms with E-state index in [1.807, 2.05) is 6.92 Å².